The summed E-state index contributed by atoms with van der Waals surface area (Å²) < 4.78 is 2.61. The van der Waals surface area contributed by atoms with Gasteiger partial charge in [-0.3, -0.25) is 0 Å². The first-order chi connectivity index (χ1) is 17.7. The summed E-state index contributed by atoms with van der Waals surface area (Å²) in [4.78, 5) is 3.71. The topological polar surface area (TPSA) is 19.7 Å². The Morgan fingerprint density at radius 2 is 0.889 bits per heavy atom. The normalized spacial score (nSPS) is 13.3. The van der Waals surface area contributed by atoms with Crippen LogP contribution in [-0.4, -0.2) is 4.98 Å². The van der Waals surface area contributed by atoms with E-state index in [0.717, 1.165) is 0 Å². The highest BCUT2D eigenvalue weighted by molar-refractivity contribution is 4.90. The van der Waals surface area contributed by atoms with Gasteiger partial charge in [0.2, 0.25) is 0 Å². The van der Waals surface area contributed by atoms with E-state index in [4.69, 9.17) is 0 Å². The third kappa shape index (κ3) is 16.9. The molecule has 1 aromatic heterocycles. The molecule has 1 N–H and O–H groups in total. The fourth-order valence-corrected chi connectivity index (χ4v) is 5.90. The number of unbranched alkanes of at least 4 members (excludes halogenated alkanes) is 19. The lowest BCUT2D eigenvalue weighted by Gasteiger charge is -2.17. The Balaban J connectivity index is 2.40. The first-order valence-corrected chi connectivity index (χ1v) is 16.8. The first kappa shape index (κ1) is 33.2. The number of imidazole rings is 1. The van der Waals surface area contributed by atoms with Crippen LogP contribution in [0.1, 0.15) is 206 Å². The van der Waals surface area contributed by atoms with Crippen molar-refractivity contribution in [1.29, 1.82) is 0 Å². The zero-order valence-corrected chi connectivity index (χ0v) is 25.4. The molecule has 0 fully saturated rings. The van der Waals surface area contributed by atoms with E-state index in [9.17, 15) is 0 Å². The average molecular weight is 504 g/mol. The highest BCUT2D eigenvalue weighted by atomic mass is 15.1. The number of hydrogen-bond acceptors (Lipinski definition) is 0. The molecule has 0 aliphatic heterocycles. The van der Waals surface area contributed by atoms with Crippen LogP contribution in [-0.2, 0) is 0 Å². The van der Waals surface area contributed by atoms with Gasteiger partial charge in [0.05, 0.1) is 12.0 Å². The number of H-pyrrole nitrogens is 1. The van der Waals surface area contributed by atoms with E-state index < -0.39 is 0 Å². The molecule has 1 rings (SSSR count). The minimum Gasteiger partial charge on any atom is -0.247 e. The number of rotatable bonds is 27. The first-order valence-electron chi connectivity index (χ1n) is 16.8. The largest absolute Gasteiger partial charge is 0.257 e. The van der Waals surface area contributed by atoms with Gasteiger partial charge in [-0.25, -0.2) is 9.55 Å². The lowest BCUT2D eigenvalue weighted by atomic mass is 9.93. The number of nitrogens with zero attached hydrogens (tertiary/aromatic N) is 1. The van der Waals surface area contributed by atoms with E-state index in [2.05, 4.69) is 49.6 Å². The molecule has 1 aromatic rings. The number of nitrogens with one attached hydrogen (secondary N) is 1. The second-order valence-electron chi connectivity index (χ2n) is 11.9. The zero-order valence-electron chi connectivity index (χ0n) is 25.4. The second-order valence-corrected chi connectivity index (χ2v) is 11.9. The summed E-state index contributed by atoms with van der Waals surface area (Å²) in [7, 11) is 0. The minimum atomic E-state index is 0.622. The van der Waals surface area contributed by atoms with Crippen molar-refractivity contribution in [3.05, 3.63) is 18.2 Å². The molecule has 1 heterocycles. The molecule has 2 unspecified atom stereocenters. The third-order valence-corrected chi connectivity index (χ3v) is 8.39. The van der Waals surface area contributed by atoms with Gasteiger partial charge >= 0.3 is 0 Å². The van der Waals surface area contributed by atoms with Crippen molar-refractivity contribution in [2.75, 3.05) is 0 Å². The quantitative estimate of drug-likeness (QED) is 0.0909. The fourth-order valence-electron chi connectivity index (χ4n) is 5.90. The fraction of sp³-hybridized carbons (Fsp3) is 0.912. The van der Waals surface area contributed by atoms with Crippen molar-refractivity contribution in [3.63, 3.8) is 0 Å². The summed E-state index contributed by atoms with van der Waals surface area (Å²) >= 11 is 0. The van der Waals surface area contributed by atoms with Gasteiger partial charge in [0, 0.05) is 0 Å². The SMILES string of the molecule is CCCCCCCCCCCCC(C)[n+]1cc[nH]c1C(CCCCCC)CCCCCCCCCC. The van der Waals surface area contributed by atoms with Gasteiger partial charge in [0.1, 0.15) is 12.4 Å². The molecule has 0 aliphatic carbocycles. The molecule has 36 heavy (non-hydrogen) atoms. The molecular weight excluding hydrogens is 436 g/mol. The smallest absolute Gasteiger partial charge is 0.247 e. The number of aromatic amines is 1. The van der Waals surface area contributed by atoms with Crippen LogP contribution in [0.3, 0.4) is 0 Å². The van der Waals surface area contributed by atoms with Gasteiger partial charge in [-0.15, -0.1) is 0 Å². The van der Waals surface area contributed by atoms with E-state index in [-0.39, 0.29) is 0 Å². The van der Waals surface area contributed by atoms with Crippen molar-refractivity contribution < 1.29 is 4.57 Å². The lowest BCUT2D eigenvalue weighted by molar-refractivity contribution is -0.727. The molecule has 0 saturated carbocycles. The van der Waals surface area contributed by atoms with Crippen LogP contribution < -0.4 is 4.57 Å². The van der Waals surface area contributed by atoms with Gasteiger partial charge in [0.15, 0.2) is 0 Å². The molecule has 0 bridgehead atoms. The molecular formula is C34H67N2+. The molecule has 212 valence electrons. The van der Waals surface area contributed by atoms with Crippen molar-refractivity contribution in [2.24, 2.45) is 0 Å². The maximum atomic E-state index is 3.71. The van der Waals surface area contributed by atoms with Crippen LogP contribution >= 0.6 is 0 Å². The van der Waals surface area contributed by atoms with Crippen LogP contribution in [0, 0.1) is 0 Å². The predicted octanol–water partition coefficient (Wildman–Crippen LogP) is 11.8. The molecule has 2 atom stereocenters. The maximum absolute atomic E-state index is 3.71. The Kier molecular flexibility index (Phi) is 22.7. The maximum Gasteiger partial charge on any atom is 0.257 e. The Labute approximate surface area is 227 Å². The molecule has 0 radical (unpaired) electrons. The van der Waals surface area contributed by atoms with Crippen LogP contribution in [0.2, 0.25) is 0 Å². The van der Waals surface area contributed by atoms with E-state index in [0.29, 0.717) is 12.0 Å². The Morgan fingerprint density at radius 1 is 0.528 bits per heavy atom. The molecule has 0 aromatic carbocycles. The standard InChI is InChI=1S/C34H66N2/c1-5-8-11-14-16-18-19-20-22-24-27-32(4)36-31-30-35-34(36)33(28-25-13-10-7-3)29-26-23-21-17-15-12-9-6-2/h30-33H,5-29H2,1-4H3/p+1. The van der Waals surface area contributed by atoms with Crippen molar-refractivity contribution >= 4 is 0 Å². The Bertz CT molecular complexity index is 563. The molecule has 2 heteroatoms. The van der Waals surface area contributed by atoms with Gasteiger partial charge in [-0.2, -0.15) is 0 Å². The van der Waals surface area contributed by atoms with Crippen LogP contribution in [0.5, 0.6) is 0 Å². The van der Waals surface area contributed by atoms with Gasteiger partial charge < -0.3 is 0 Å². The summed E-state index contributed by atoms with van der Waals surface area (Å²) in [6.45, 7) is 9.40. The summed E-state index contributed by atoms with van der Waals surface area (Å²) in [5.74, 6) is 2.24. The van der Waals surface area contributed by atoms with Gasteiger partial charge in [0.25, 0.3) is 5.82 Å². The van der Waals surface area contributed by atoms with E-state index in [1.54, 1.807) is 0 Å². The highest BCUT2D eigenvalue weighted by Gasteiger charge is 2.25. The van der Waals surface area contributed by atoms with E-state index >= 15 is 0 Å². The number of hydrogen-bond donors (Lipinski definition) is 1. The average Bonchev–Trinajstić information content (AvgIpc) is 3.38. The summed E-state index contributed by atoms with van der Waals surface area (Å²) in [5, 5.41) is 0. The van der Waals surface area contributed by atoms with Gasteiger partial charge in [-0.05, 0) is 32.6 Å². The molecule has 2 nitrogen and oxygen atoms in total. The minimum absolute atomic E-state index is 0.622. The highest BCUT2D eigenvalue weighted by Crippen LogP contribution is 2.27. The van der Waals surface area contributed by atoms with Gasteiger partial charge in [-0.1, -0.05) is 156 Å². The van der Waals surface area contributed by atoms with Crippen LogP contribution in [0.4, 0.5) is 0 Å². The third-order valence-electron chi connectivity index (χ3n) is 8.39. The van der Waals surface area contributed by atoms with E-state index in [1.165, 1.54) is 166 Å². The summed E-state index contributed by atoms with van der Waals surface area (Å²) in [6.07, 6.45) is 39.8. The van der Waals surface area contributed by atoms with Crippen molar-refractivity contribution in [1.82, 2.24) is 4.98 Å². The molecule has 0 saturated heterocycles. The molecule has 0 aliphatic rings. The van der Waals surface area contributed by atoms with Crippen molar-refractivity contribution in [2.45, 2.75) is 200 Å². The van der Waals surface area contributed by atoms with Crippen molar-refractivity contribution in [3.8, 4) is 0 Å². The monoisotopic (exact) mass is 504 g/mol. The van der Waals surface area contributed by atoms with Crippen LogP contribution in [0.15, 0.2) is 12.4 Å². The number of aromatic nitrogens is 2. The Morgan fingerprint density at radius 3 is 1.33 bits per heavy atom. The summed E-state index contributed by atoms with van der Waals surface area (Å²) in [6, 6.07) is 0.622. The second kappa shape index (κ2) is 24.5. The molecule has 0 spiro atoms. The lowest BCUT2D eigenvalue weighted by Crippen LogP contribution is -2.41. The molecule has 0 amide bonds. The van der Waals surface area contributed by atoms with Crippen LogP contribution in [0.25, 0.3) is 0 Å². The summed E-state index contributed by atoms with van der Waals surface area (Å²) in [5.41, 5.74) is 0. The predicted molar refractivity (Wildman–Crippen MR) is 161 cm³/mol. The Hall–Kier alpha value is -0.790. The van der Waals surface area contributed by atoms with E-state index in [1.807, 2.05) is 0 Å². The zero-order chi connectivity index (χ0) is 26.1.